The summed E-state index contributed by atoms with van der Waals surface area (Å²) < 4.78 is 0. The maximum Gasteiger partial charge on any atom is 0.326 e. The lowest BCUT2D eigenvalue weighted by molar-refractivity contribution is -0.139. The monoisotopic (exact) mass is 265 g/mol. The summed E-state index contributed by atoms with van der Waals surface area (Å²) in [6.07, 6.45) is 2.63. The average molecular weight is 265 g/mol. The number of carboxylic acid groups (broad SMARTS) is 1. The van der Waals surface area contributed by atoms with Crippen molar-refractivity contribution in [2.24, 2.45) is 0 Å². The number of anilines is 1. The summed E-state index contributed by atoms with van der Waals surface area (Å²) >= 11 is 0. The lowest BCUT2D eigenvalue weighted by Crippen LogP contribution is -2.40. The summed E-state index contributed by atoms with van der Waals surface area (Å²) in [6.45, 7) is 1.87. The van der Waals surface area contributed by atoms with Crippen LogP contribution in [0.5, 0.6) is 0 Å². The zero-order chi connectivity index (χ0) is 14.4. The number of amides is 1. The molecule has 1 amide bonds. The van der Waals surface area contributed by atoms with Gasteiger partial charge >= 0.3 is 5.97 Å². The van der Waals surface area contributed by atoms with E-state index in [4.69, 9.17) is 5.11 Å². The number of nitrogens with one attached hydrogen (secondary N) is 1. The van der Waals surface area contributed by atoms with Gasteiger partial charge in [0.2, 0.25) is 0 Å². The van der Waals surface area contributed by atoms with Crippen LogP contribution in [0, 0.1) is 0 Å². The van der Waals surface area contributed by atoms with Crippen molar-refractivity contribution in [2.45, 2.75) is 25.8 Å². The number of carbonyl (C=O) groups excluding carboxylic acids is 1. The van der Waals surface area contributed by atoms with Crippen LogP contribution in [-0.2, 0) is 4.79 Å². The van der Waals surface area contributed by atoms with Crippen LogP contribution in [0.25, 0.3) is 0 Å². The Morgan fingerprint density at radius 1 is 1.47 bits per heavy atom. The molecule has 0 aromatic carbocycles. The number of hydrogen-bond donors (Lipinski definition) is 2. The summed E-state index contributed by atoms with van der Waals surface area (Å²) in [5.41, 5.74) is 0.404. The first-order valence-electron chi connectivity index (χ1n) is 6.12. The van der Waals surface area contributed by atoms with Gasteiger partial charge in [-0.1, -0.05) is 13.3 Å². The number of nitrogens with zero attached hydrogens (tertiary/aromatic N) is 2. The van der Waals surface area contributed by atoms with Gasteiger partial charge in [0.15, 0.2) is 0 Å². The molecule has 6 heteroatoms. The molecule has 0 spiro atoms. The molecule has 19 heavy (non-hydrogen) atoms. The van der Waals surface area contributed by atoms with Crippen LogP contribution >= 0.6 is 0 Å². The van der Waals surface area contributed by atoms with E-state index in [2.05, 4.69) is 10.3 Å². The van der Waals surface area contributed by atoms with E-state index in [1.54, 1.807) is 17.0 Å². The predicted molar refractivity (Wildman–Crippen MR) is 72.4 cm³/mol. The molecule has 0 aliphatic rings. The standard InChI is InChI=1S/C13H19N3O3/c1-4-5-10(13(18)19)15-12(17)9-6-7-14-11(8-9)16(2)3/h6-8,10H,4-5H2,1-3H3,(H,15,17)(H,18,19)/t10-/m1/s1. The van der Waals surface area contributed by atoms with Gasteiger partial charge in [-0.3, -0.25) is 4.79 Å². The van der Waals surface area contributed by atoms with Gasteiger partial charge in [0, 0.05) is 25.9 Å². The normalized spacial score (nSPS) is 11.7. The van der Waals surface area contributed by atoms with E-state index in [0.29, 0.717) is 24.2 Å². The highest BCUT2D eigenvalue weighted by molar-refractivity contribution is 5.97. The van der Waals surface area contributed by atoms with Gasteiger partial charge in [0.1, 0.15) is 11.9 Å². The third-order valence-corrected chi connectivity index (χ3v) is 2.65. The summed E-state index contributed by atoms with van der Waals surface area (Å²) in [6, 6.07) is 2.33. The van der Waals surface area contributed by atoms with E-state index in [-0.39, 0.29) is 0 Å². The highest BCUT2D eigenvalue weighted by Crippen LogP contribution is 2.10. The number of aliphatic carboxylic acids is 1. The lowest BCUT2D eigenvalue weighted by atomic mass is 10.1. The largest absolute Gasteiger partial charge is 0.480 e. The topological polar surface area (TPSA) is 82.5 Å². The van der Waals surface area contributed by atoms with E-state index in [1.807, 2.05) is 21.0 Å². The Morgan fingerprint density at radius 2 is 2.16 bits per heavy atom. The second-order valence-corrected chi connectivity index (χ2v) is 4.45. The van der Waals surface area contributed by atoms with Gasteiger partial charge in [-0.05, 0) is 18.6 Å². The van der Waals surface area contributed by atoms with Crippen LogP contribution in [0.3, 0.4) is 0 Å². The molecule has 0 saturated carbocycles. The van der Waals surface area contributed by atoms with Crippen LogP contribution in [0.4, 0.5) is 5.82 Å². The second kappa shape index (κ2) is 6.72. The third kappa shape index (κ3) is 4.24. The number of carbonyl (C=O) groups is 2. The van der Waals surface area contributed by atoms with E-state index < -0.39 is 17.9 Å². The van der Waals surface area contributed by atoms with Crippen molar-refractivity contribution in [3.05, 3.63) is 23.9 Å². The molecule has 1 aromatic heterocycles. The van der Waals surface area contributed by atoms with Crippen LogP contribution in [0.2, 0.25) is 0 Å². The quantitative estimate of drug-likeness (QED) is 0.805. The van der Waals surface area contributed by atoms with Crippen molar-refractivity contribution in [1.82, 2.24) is 10.3 Å². The zero-order valence-electron chi connectivity index (χ0n) is 11.4. The first-order chi connectivity index (χ1) is 8.95. The van der Waals surface area contributed by atoms with Crippen LogP contribution in [0.1, 0.15) is 30.1 Å². The number of pyridine rings is 1. The lowest BCUT2D eigenvalue weighted by Gasteiger charge is -2.15. The van der Waals surface area contributed by atoms with E-state index in [1.165, 1.54) is 6.20 Å². The summed E-state index contributed by atoms with van der Waals surface area (Å²) in [7, 11) is 3.64. The van der Waals surface area contributed by atoms with E-state index in [9.17, 15) is 9.59 Å². The summed E-state index contributed by atoms with van der Waals surface area (Å²) in [4.78, 5) is 28.9. The molecule has 0 aliphatic heterocycles. The SMILES string of the molecule is CCC[C@@H](NC(=O)c1ccnc(N(C)C)c1)C(=O)O. The predicted octanol–water partition coefficient (Wildman–Crippen LogP) is 1.13. The number of aromatic nitrogens is 1. The average Bonchev–Trinajstić information content (AvgIpc) is 2.38. The Bertz CT molecular complexity index is 460. The molecule has 6 nitrogen and oxygen atoms in total. The maximum atomic E-state index is 12.0. The van der Waals surface area contributed by atoms with Gasteiger partial charge in [-0.25, -0.2) is 9.78 Å². The minimum absolute atomic E-state index is 0.397. The number of carboxylic acids is 1. The van der Waals surface area contributed by atoms with E-state index >= 15 is 0 Å². The molecule has 1 atom stereocenters. The van der Waals surface area contributed by atoms with Gasteiger partial charge in [-0.2, -0.15) is 0 Å². The highest BCUT2D eigenvalue weighted by atomic mass is 16.4. The Hall–Kier alpha value is -2.11. The minimum atomic E-state index is -1.02. The van der Waals surface area contributed by atoms with Crippen molar-refractivity contribution in [3.8, 4) is 0 Å². The van der Waals surface area contributed by atoms with Crippen molar-refractivity contribution < 1.29 is 14.7 Å². The minimum Gasteiger partial charge on any atom is -0.480 e. The fraction of sp³-hybridized carbons (Fsp3) is 0.462. The fourth-order valence-corrected chi connectivity index (χ4v) is 1.59. The Kier molecular flexibility index (Phi) is 5.29. The molecular weight excluding hydrogens is 246 g/mol. The van der Waals surface area contributed by atoms with Crippen molar-refractivity contribution in [1.29, 1.82) is 0 Å². The molecule has 0 saturated heterocycles. The smallest absolute Gasteiger partial charge is 0.326 e. The molecule has 0 radical (unpaired) electrons. The highest BCUT2D eigenvalue weighted by Gasteiger charge is 2.19. The Balaban J connectivity index is 2.82. The third-order valence-electron chi connectivity index (χ3n) is 2.65. The number of rotatable bonds is 6. The van der Waals surface area contributed by atoms with E-state index in [0.717, 1.165) is 0 Å². The van der Waals surface area contributed by atoms with Crippen molar-refractivity contribution in [3.63, 3.8) is 0 Å². The fourth-order valence-electron chi connectivity index (χ4n) is 1.59. The zero-order valence-corrected chi connectivity index (χ0v) is 11.4. The van der Waals surface area contributed by atoms with Gasteiger partial charge in [-0.15, -0.1) is 0 Å². The molecule has 2 N–H and O–H groups in total. The number of hydrogen-bond acceptors (Lipinski definition) is 4. The molecule has 0 aliphatic carbocycles. The molecule has 104 valence electrons. The molecule has 1 rings (SSSR count). The maximum absolute atomic E-state index is 12.0. The van der Waals surface area contributed by atoms with Crippen LogP contribution in [0.15, 0.2) is 18.3 Å². The van der Waals surface area contributed by atoms with Crippen molar-refractivity contribution >= 4 is 17.7 Å². The molecule has 0 unspecified atom stereocenters. The van der Waals surface area contributed by atoms with Crippen LogP contribution < -0.4 is 10.2 Å². The summed E-state index contributed by atoms with van der Waals surface area (Å²) in [5, 5.41) is 11.5. The molecule has 0 bridgehead atoms. The van der Waals surface area contributed by atoms with Gasteiger partial charge in [0.25, 0.3) is 5.91 Å². The molecule has 1 heterocycles. The Morgan fingerprint density at radius 3 is 2.68 bits per heavy atom. The van der Waals surface area contributed by atoms with Gasteiger partial charge in [0.05, 0.1) is 0 Å². The molecular formula is C13H19N3O3. The van der Waals surface area contributed by atoms with Gasteiger partial charge < -0.3 is 15.3 Å². The van der Waals surface area contributed by atoms with Crippen LogP contribution in [-0.4, -0.2) is 42.1 Å². The summed E-state index contributed by atoms with van der Waals surface area (Å²) in [5.74, 6) is -0.765. The first-order valence-corrected chi connectivity index (χ1v) is 6.12. The van der Waals surface area contributed by atoms with Crippen molar-refractivity contribution in [2.75, 3.05) is 19.0 Å². The molecule has 0 fully saturated rings. The Labute approximate surface area is 112 Å². The second-order valence-electron chi connectivity index (χ2n) is 4.45. The first kappa shape index (κ1) is 14.9. The molecule has 1 aromatic rings.